The quantitative estimate of drug-likeness (QED) is 0.941. The Morgan fingerprint density at radius 2 is 1.81 bits per heavy atom. The standard InChI is InChI=1S/C16H20N4O/c1-16(2,3)19-15-17-11-10-13(18-15)14(21)20(4)12-8-6-5-7-9-12/h5-11H,1-4H3,(H,17,18,19). The second-order valence-corrected chi connectivity index (χ2v) is 5.84. The molecule has 0 spiro atoms. The minimum atomic E-state index is -0.166. The predicted octanol–water partition coefficient (Wildman–Crippen LogP) is 2.96. The van der Waals surface area contributed by atoms with Gasteiger partial charge in [0, 0.05) is 24.5 Å². The van der Waals surface area contributed by atoms with Gasteiger partial charge in [-0.05, 0) is 39.0 Å². The molecule has 0 radical (unpaired) electrons. The van der Waals surface area contributed by atoms with Gasteiger partial charge >= 0.3 is 0 Å². The summed E-state index contributed by atoms with van der Waals surface area (Å²) in [5.74, 6) is 0.287. The largest absolute Gasteiger partial charge is 0.350 e. The minimum Gasteiger partial charge on any atom is -0.350 e. The Kier molecular flexibility index (Phi) is 4.21. The van der Waals surface area contributed by atoms with Crippen molar-refractivity contribution in [3.63, 3.8) is 0 Å². The van der Waals surface area contributed by atoms with E-state index in [0.717, 1.165) is 5.69 Å². The van der Waals surface area contributed by atoms with Crippen molar-refractivity contribution >= 4 is 17.5 Å². The fourth-order valence-corrected chi connectivity index (χ4v) is 1.81. The zero-order valence-corrected chi connectivity index (χ0v) is 12.8. The number of carbonyl (C=O) groups is 1. The Hall–Kier alpha value is -2.43. The summed E-state index contributed by atoms with van der Waals surface area (Å²) in [6.07, 6.45) is 1.59. The lowest BCUT2D eigenvalue weighted by Gasteiger charge is -2.21. The van der Waals surface area contributed by atoms with Gasteiger partial charge in [0.15, 0.2) is 0 Å². The lowest BCUT2D eigenvalue weighted by molar-refractivity contribution is 0.0988. The van der Waals surface area contributed by atoms with Crippen molar-refractivity contribution in [2.24, 2.45) is 0 Å². The summed E-state index contributed by atoms with van der Waals surface area (Å²) in [6.45, 7) is 6.04. The first-order chi connectivity index (χ1) is 9.87. The van der Waals surface area contributed by atoms with Crippen LogP contribution in [0, 0.1) is 0 Å². The predicted molar refractivity (Wildman–Crippen MR) is 84.6 cm³/mol. The SMILES string of the molecule is CN(C(=O)c1ccnc(NC(C)(C)C)n1)c1ccccc1. The molecule has 110 valence electrons. The number of hydrogen-bond acceptors (Lipinski definition) is 4. The number of nitrogens with zero attached hydrogens (tertiary/aromatic N) is 3. The normalized spacial score (nSPS) is 11.0. The van der Waals surface area contributed by atoms with E-state index in [1.165, 1.54) is 0 Å². The van der Waals surface area contributed by atoms with Crippen LogP contribution in [-0.4, -0.2) is 28.5 Å². The molecule has 0 fully saturated rings. The molecule has 0 saturated heterocycles. The number of amides is 1. The summed E-state index contributed by atoms with van der Waals surface area (Å²) in [7, 11) is 1.73. The molecule has 1 aromatic carbocycles. The van der Waals surface area contributed by atoms with Gasteiger partial charge in [0.1, 0.15) is 5.69 Å². The molecule has 5 heteroatoms. The number of benzene rings is 1. The van der Waals surface area contributed by atoms with Crippen LogP contribution >= 0.6 is 0 Å². The van der Waals surface area contributed by atoms with Crippen LogP contribution in [0.5, 0.6) is 0 Å². The van der Waals surface area contributed by atoms with Crippen LogP contribution in [-0.2, 0) is 0 Å². The molecule has 0 unspecified atom stereocenters. The van der Waals surface area contributed by atoms with E-state index >= 15 is 0 Å². The minimum absolute atomic E-state index is 0.160. The van der Waals surface area contributed by atoms with Crippen LogP contribution in [0.1, 0.15) is 31.3 Å². The number of hydrogen-bond donors (Lipinski definition) is 1. The molecule has 0 aliphatic rings. The van der Waals surface area contributed by atoms with Gasteiger partial charge in [0.05, 0.1) is 0 Å². The van der Waals surface area contributed by atoms with Gasteiger partial charge in [-0.25, -0.2) is 9.97 Å². The maximum Gasteiger partial charge on any atom is 0.276 e. The number of anilines is 2. The van der Waals surface area contributed by atoms with E-state index in [1.54, 1.807) is 24.2 Å². The van der Waals surface area contributed by atoms with E-state index < -0.39 is 0 Å². The number of carbonyl (C=O) groups excluding carboxylic acids is 1. The summed E-state index contributed by atoms with van der Waals surface area (Å²) < 4.78 is 0. The van der Waals surface area contributed by atoms with Crippen LogP contribution < -0.4 is 10.2 Å². The maximum atomic E-state index is 12.5. The van der Waals surface area contributed by atoms with E-state index in [2.05, 4.69) is 15.3 Å². The molecular formula is C16H20N4O. The first kappa shape index (κ1) is 15.0. The second kappa shape index (κ2) is 5.91. The lowest BCUT2D eigenvalue weighted by Crippen LogP contribution is -2.30. The van der Waals surface area contributed by atoms with E-state index in [0.29, 0.717) is 11.6 Å². The maximum absolute atomic E-state index is 12.5. The highest BCUT2D eigenvalue weighted by Gasteiger charge is 2.17. The zero-order chi connectivity index (χ0) is 15.5. The fourth-order valence-electron chi connectivity index (χ4n) is 1.81. The monoisotopic (exact) mass is 284 g/mol. The van der Waals surface area contributed by atoms with Crippen LogP contribution in [0.25, 0.3) is 0 Å². The molecule has 1 heterocycles. The van der Waals surface area contributed by atoms with E-state index in [9.17, 15) is 4.79 Å². The molecule has 0 bridgehead atoms. The van der Waals surface area contributed by atoms with Crippen LogP contribution in [0.4, 0.5) is 11.6 Å². The Bertz CT molecular complexity index is 620. The average molecular weight is 284 g/mol. The molecular weight excluding hydrogens is 264 g/mol. The van der Waals surface area contributed by atoms with Crippen molar-refractivity contribution in [2.45, 2.75) is 26.3 Å². The molecule has 0 aliphatic heterocycles. The van der Waals surface area contributed by atoms with Crippen LogP contribution in [0.3, 0.4) is 0 Å². The first-order valence-corrected chi connectivity index (χ1v) is 6.81. The highest BCUT2D eigenvalue weighted by molar-refractivity contribution is 6.04. The molecule has 0 saturated carbocycles. The lowest BCUT2D eigenvalue weighted by atomic mass is 10.1. The van der Waals surface area contributed by atoms with Gasteiger partial charge in [0.25, 0.3) is 5.91 Å². The molecule has 2 rings (SSSR count). The molecule has 1 N–H and O–H groups in total. The van der Waals surface area contributed by atoms with Gasteiger partial charge in [-0.2, -0.15) is 0 Å². The Labute approximate surface area is 125 Å². The molecule has 1 aromatic heterocycles. The summed E-state index contributed by atoms with van der Waals surface area (Å²) in [5, 5.41) is 3.16. The molecule has 5 nitrogen and oxygen atoms in total. The number of rotatable bonds is 3. The fraction of sp³-hybridized carbons (Fsp3) is 0.312. The summed E-state index contributed by atoms with van der Waals surface area (Å²) in [6, 6.07) is 11.1. The van der Waals surface area contributed by atoms with Crippen molar-refractivity contribution < 1.29 is 4.79 Å². The third-order valence-corrected chi connectivity index (χ3v) is 2.81. The summed E-state index contributed by atoms with van der Waals surface area (Å²) in [4.78, 5) is 22.5. The highest BCUT2D eigenvalue weighted by atomic mass is 16.2. The van der Waals surface area contributed by atoms with E-state index in [-0.39, 0.29) is 11.4 Å². The van der Waals surface area contributed by atoms with Crippen molar-refractivity contribution in [3.8, 4) is 0 Å². The van der Waals surface area contributed by atoms with E-state index in [1.807, 2.05) is 51.1 Å². The van der Waals surface area contributed by atoms with Gasteiger partial charge < -0.3 is 10.2 Å². The van der Waals surface area contributed by atoms with Gasteiger partial charge in [-0.1, -0.05) is 18.2 Å². The summed E-state index contributed by atoms with van der Waals surface area (Å²) >= 11 is 0. The van der Waals surface area contributed by atoms with E-state index in [4.69, 9.17) is 0 Å². The van der Waals surface area contributed by atoms with Crippen molar-refractivity contribution in [1.82, 2.24) is 9.97 Å². The van der Waals surface area contributed by atoms with Crippen molar-refractivity contribution in [3.05, 3.63) is 48.3 Å². The van der Waals surface area contributed by atoms with Gasteiger partial charge in [-0.3, -0.25) is 4.79 Å². The topological polar surface area (TPSA) is 58.1 Å². The Morgan fingerprint density at radius 3 is 2.43 bits per heavy atom. The molecule has 1 amide bonds. The van der Waals surface area contributed by atoms with Crippen LogP contribution in [0.15, 0.2) is 42.6 Å². The van der Waals surface area contributed by atoms with Crippen molar-refractivity contribution in [1.29, 1.82) is 0 Å². The molecule has 0 atom stereocenters. The number of para-hydroxylation sites is 1. The smallest absolute Gasteiger partial charge is 0.276 e. The second-order valence-electron chi connectivity index (χ2n) is 5.84. The third kappa shape index (κ3) is 4.02. The third-order valence-electron chi connectivity index (χ3n) is 2.81. The average Bonchev–Trinajstić information content (AvgIpc) is 2.45. The highest BCUT2D eigenvalue weighted by Crippen LogP contribution is 2.15. The number of nitrogens with one attached hydrogen (secondary N) is 1. The zero-order valence-electron chi connectivity index (χ0n) is 12.8. The van der Waals surface area contributed by atoms with Gasteiger partial charge in [0.2, 0.25) is 5.95 Å². The Morgan fingerprint density at radius 1 is 1.14 bits per heavy atom. The first-order valence-electron chi connectivity index (χ1n) is 6.81. The molecule has 2 aromatic rings. The Balaban J connectivity index is 2.22. The number of aromatic nitrogens is 2. The van der Waals surface area contributed by atoms with Crippen molar-refractivity contribution in [2.75, 3.05) is 17.3 Å². The molecule has 0 aliphatic carbocycles. The summed E-state index contributed by atoms with van der Waals surface area (Å²) in [5.41, 5.74) is 1.03. The van der Waals surface area contributed by atoms with Crippen LogP contribution in [0.2, 0.25) is 0 Å². The van der Waals surface area contributed by atoms with Gasteiger partial charge in [-0.15, -0.1) is 0 Å². The molecule has 21 heavy (non-hydrogen) atoms.